The van der Waals surface area contributed by atoms with Crippen LogP contribution in [0, 0.1) is 0 Å². The third kappa shape index (κ3) is 2.44. The maximum atomic E-state index is 4.90. The number of anilines is 2. The van der Waals surface area contributed by atoms with Crippen molar-refractivity contribution in [3.8, 4) is 0 Å². The Morgan fingerprint density at radius 2 is 1.92 bits per heavy atom. The monoisotopic (exact) mass is 332 g/mol. The van der Waals surface area contributed by atoms with Crippen LogP contribution < -0.4 is 5.32 Å². The largest absolute Gasteiger partial charge is 0.340 e. The molecule has 0 fully saturated rings. The van der Waals surface area contributed by atoms with Crippen molar-refractivity contribution in [3.63, 3.8) is 0 Å². The quantitative estimate of drug-likeness (QED) is 0.775. The minimum Gasteiger partial charge on any atom is -0.340 e. The van der Waals surface area contributed by atoms with Gasteiger partial charge in [0.1, 0.15) is 11.5 Å². The number of hydrogen-bond donors (Lipinski definition) is 1. The number of benzene rings is 1. The van der Waals surface area contributed by atoms with Gasteiger partial charge < -0.3 is 14.8 Å². The van der Waals surface area contributed by atoms with Gasteiger partial charge in [-0.25, -0.2) is 4.98 Å². The van der Waals surface area contributed by atoms with Crippen LogP contribution in [-0.4, -0.2) is 28.0 Å². The van der Waals surface area contributed by atoms with E-state index in [-0.39, 0.29) is 0 Å². The van der Waals surface area contributed by atoms with Gasteiger partial charge in [-0.1, -0.05) is 6.07 Å². The molecule has 1 N–H and O–H groups in total. The molecule has 3 aromatic rings. The highest BCUT2D eigenvalue weighted by Gasteiger charge is 2.20. The molecule has 4 nitrogen and oxygen atoms in total. The van der Waals surface area contributed by atoms with Crippen molar-refractivity contribution in [3.05, 3.63) is 52.7 Å². The summed E-state index contributed by atoms with van der Waals surface area (Å²) in [5.41, 5.74) is 8.11. The molecule has 128 valence electrons. The van der Waals surface area contributed by atoms with Gasteiger partial charge in [-0.2, -0.15) is 0 Å². The summed E-state index contributed by atoms with van der Waals surface area (Å²) >= 11 is 0. The molecule has 1 aliphatic carbocycles. The maximum Gasteiger partial charge on any atom is 0.142 e. The van der Waals surface area contributed by atoms with Crippen LogP contribution in [0.5, 0.6) is 0 Å². The number of aryl methyl sites for hydroxylation is 2. The van der Waals surface area contributed by atoms with E-state index in [9.17, 15) is 0 Å². The van der Waals surface area contributed by atoms with E-state index in [0.29, 0.717) is 0 Å². The van der Waals surface area contributed by atoms with Gasteiger partial charge in [0.15, 0.2) is 0 Å². The predicted molar refractivity (Wildman–Crippen MR) is 103 cm³/mol. The number of pyridine rings is 1. The number of aromatic nitrogens is 2. The zero-order chi connectivity index (χ0) is 17.0. The molecule has 1 aromatic carbocycles. The van der Waals surface area contributed by atoms with E-state index in [0.717, 1.165) is 36.7 Å². The second-order valence-corrected chi connectivity index (χ2v) is 7.50. The van der Waals surface area contributed by atoms with Gasteiger partial charge in [0.2, 0.25) is 0 Å². The Kier molecular flexibility index (Phi) is 3.35. The van der Waals surface area contributed by atoms with Crippen molar-refractivity contribution in [1.82, 2.24) is 14.5 Å². The molecular formula is C21H24N4. The summed E-state index contributed by atoms with van der Waals surface area (Å²) in [5, 5.41) is 4.84. The molecule has 2 aliphatic rings. The Hall–Kier alpha value is -2.33. The molecule has 25 heavy (non-hydrogen) atoms. The van der Waals surface area contributed by atoms with Crippen molar-refractivity contribution in [1.29, 1.82) is 0 Å². The molecule has 0 saturated carbocycles. The van der Waals surface area contributed by atoms with Crippen LogP contribution in [0.2, 0.25) is 0 Å². The molecule has 3 heterocycles. The number of likely N-dealkylation sites (N-methyl/N-ethyl adjacent to an activating group) is 1. The molecular weight excluding hydrogens is 308 g/mol. The first kappa shape index (κ1) is 15.0. The normalized spacial score (nSPS) is 16.9. The summed E-state index contributed by atoms with van der Waals surface area (Å²) in [5.74, 6) is 0.927. The van der Waals surface area contributed by atoms with Crippen LogP contribution in [0.4, 0.5) is 11.5 Å². The fourth-order valence-corrected chi connectivity index (χ4v) is 4.45. The van der Waals surface area contributed by atoms with Gasteiger partial charge in [0, 0.05) is 36.9 Å². The number of nitrogens with zero attached hydrogens (tertiary/aromatic N) is 3. The molecule has 0 spiro atoms. The minimum atomic E-state index is 0.927. The second kappa shape index (κ2) is 5.60. The van der Waals surface area contributed by atoms with E-state index in [1.807, 2.05) is 0 Å². The smallest absolute Gasteiger partial charge is 0.142 e. The Morgan fingerprint density at radius 1 is 1.00 bits per heavy atom. The van der Waals surface area contributed by atoms with Crippen molar-refractivity contribution in [2.75, 3.05) is 18.9 Å². The van der Waals surface area contributed by atoms with Crippen molar-refractivity contribution in [2.45, 2.75) is 32.2 Å². The van der Waals surface area contributed by atoms with Gasteiger partial charge in [-0.15, -0.1) is 0 Å². The molecule has 5 rings (SSSR count). The van der Waals surface area contributed by atoms with Gasteiger partial charge in [0.25, 0.3) is 0 Å². The lowest BCUT2D eigenvalue weighted by Crippen LogP contribution is -2.26. The van der Waals surface area contributed by atoms with Crippen LogP contribution in [-0.2, 0) is 32.9 Å². The van der Waals surface area contributed by atoms with Crippen LogP contribution in [0.15, 0.2) is 30.3 Å². The number of hydrogen-bond acceptors (Lipinski definition) is 3. The average Bonchev–Trinajstić information content (AvgIpc) is 3.18. The van der Waals surface area contributed by atoms with Crippen LogP contribution >= 0.6 is 0 Å². The zero-order valence-corrected chi connectivity index (χ0v) is 15.0. The molecule has 0 amide bonds. The lowest BCUT2D eigenvalue weighted by atomic mass is 9.99. The van der Waals surface area contributed by atoms with Crippen LogP contribution in [0.3, 0.4) is 0 Å². The lowest BCUT2D eigenvalue weighted by Gasteiger charge is -2.25. The SMILES string of the molecule is CN1CCc2ccc(Nc3ccc4c5c(n(C)c4n3)CCC5)cc2C1. The van der Waals surface area contributed by atoms with Crippen molar-refractivity contribution >= 4 is 22.5 Å². The van der Waals surface area contributed by atoms with Gasteiger partial charge in [-0.05, 0) is 73.7 Å². The number of nitrogens with one attached hydrogen (secondary N) is 1. The molecule has 0 radical (unpaired) electrons. The molecule has 2 aromatic heterocycles. The first-order valence-corrected chi connectivity index (χ1v) is 9.23. The standard InChI is InChI=1S/C21H24N4/c1-24-11-10-14-6-7-16(12-15(14)13-24)22-20-9-8-18-17-4-3-5-19(17)25(2)21(18)23-20/h6-9,12H,3-5,10-11,13H2,1-2H3,(H,22,23). The van der Waals surface area contributed by atoms with E-state index in [4.69, 9.17) is 4.98 Å². The summed E-state index contributed by atoms with van der Waals surface area (Å²) in [6, 6.07) is 11.1. The van der Waals surface area contributed by atoms with Crippen molar-refractivity contribution in [2.24, 2.45) is 7.05 Å². The minimum absolute atomic E-state index is 0.927. The predicted octanol–water partition coefficient (Wildman–Crippen LogP) is 3.79. The van der Waals surface area contributed by atoms with E-state index in [1.54, 1.807) is 0 Å². The highest BCUT2D eigenvalue weighted by atomic mass is 15.1. The van der Waals surface area contributed by atoms with E-state index in [2.05, 4.69) is 59.2 Å². The topological polar surface area (TPSA) is 33.1 Å². The molecule has 0 bridgehead atoms. The third-order valence-corrected chi connectivity index (χ3v) is 5.79. The Labute approximate surface area is 148 Å². The Balaban J connectivity index is 1.48. The summed E-state index contributed by atoms with van der Waals surface area (Å²) in [4.78, 5) is 7.28. The van der Waals surface area contributed by atoms with Crippen LogP contribution in [0.1, 0.15) is 28.8 Å². The Morgan fingerprint density at radius 3 is 2.84 bits per heavy atom. The van der Waals surface area contributed by atoms with Crippen LogP contribution in [0.25, 0.3) is 11.0 Å². The second-order valence-electron chi connectivity index (χ2n) is 7.50. The third-order valence-electron chi connectivity index (χ3n) is 5.79. The molecule has 1 aliphatic heterocycles. The zero-order valence-electron chi connectivity index (χ0n) is 15.0. The van der Waals surface area contributed by atoms with Gasteiger partial charge in [0.05, 0.1) is 0 Å². The van der Waals surface area contributed by atoms with E-state index < -0.39 is 0 Å². The highest BCUT2D eigenvalue weighted by Crippen LogP contribution is 2.32. The Bertz CT molecular complexity index is 970. The maximum absolute atomic E-state index is 4.90. The molecule has 0 unspecified atom stereocenters. The van der Waals surface area contributed by atoms with E-state index in [1.165, 1.54) is 47.0 Å². The summed E-state index contributed by atoms with van der Waals surface area (Å²) in [7, 11) is 4.34. The number of fused-ring (bicyclic) bond motifs is 4. The number of rotatable bonds is 2. The molecule has 0 atom stereocenters. The van der Waals surface area contributed by atoms with E-state index >= 15 is 0 Å². The lowest BCUT2D eigenvalue weighted by molar-refractivity contribution is 0.313. The first-order valence-electron chi connectivity index (χ1n) is 9.23. The fourth-order valence-electron chi connectivity index (χ4n) is 4.45. The van der Waals surface area contributed by atoms with Gasteiger partial charge in [-0.3, -0.25) is 0 Å². The van der Waals surface area contributed by atoms with Crippen molar-refractivity contribution < 1.29 is 0 Å². The summed E-state index contributed by atoms with van der Waals surface area (Å²) < 4.78 is 2.28. The highest BCUT2D eigenvalue weighted by molar-refractivity contribution is 5.84. The fraction of sp³-hybridized carbons (Fsp3) is 0.381. The molecule has 0 saturated heterocycles. The summed E-state index contributed by atoms with van der Waals surface area (Å²) in [6.07, 6.45) is 4.80. The summed E-state index contributed by atoms with van der Waals surface area (Å²) in [6.45, 7) is 2.18. The molecule has 4 heteroatoms. The van der Waals surface area contributed by atoms with Gasteiger partial charge >= 0.3 is 0 Å². The first-order chi connectivity index (χ1) is 12.2. The average molecular weight is 332 g/mol.